The van der Waals surface area contributed by atoms with Crippen molar-refractivity contribution in [3.8, 4) is 11.8 Å². The first-order valence-electron chi connectivity index (χ1n) is 3.42. The highest BCUT2D eigenvalue weighted by atomic mass is 14.7. The molecule has 54 valence electrons. The predicted octanol–water partition coefficient (Wildman–Crippen LogP) is 2.39. The molecule has 0 saturated heterocycles. The summed E-state index contributed by atoms with van der Waals surface area (Å²) in [5.74, 6) is 5.70. The minimum absolute atomic E-state index is 0.976. The van der Waals surface area contributed by atoms with E-state index in [2.05, 4.69) is 23.8 Å². The lowest BCUT2D eigenvalue weighted by Crippen LogP contribution is -1.68. The SMILES string of the molecule is CC#C/C(C)=C/N=CCC. The van der Waals surface area contributed by atoms with Gasteiger partial charge in [0.05, 0.1) is 0 Å². The summed E-state index contributed by atoms with van der Waals surface area (Å²) in [6, 6.07) is 0. The summed E-state index contributed by atoms with van der Waals surface area (Å²) in [6.07, 6.45) is 4.62. The number of allylic oxidation sites excluding steroid dienone is 1. The van der Waals surface area contributed by atoms with Crippen LogP contribution in [-0.4, -0.2) is 6.21 Å². The first-order chi connectivity index (χ1) is 4.81. The summed E-state index contributed by atoms with van der Waals surface area (Å²) in [5, 5.41) is 0. The third-order valence-electron chi connectivity index (χ3n) is 0.878. The van der Waals surface area contributed by atoms with Crippen molar-refractivity contribution in [2.75, 3.05) is 0 Å². The molecule has 0 aliphatic heterocycles. The molecule has 0 aliphatic carbocycles. The normalized spacial score (nSPS) is 11.3. The molecule has 0 spiro atoms. The molecule has 0 bridgehead atoms. The maximum atomic E-state index is 4.02. The Morgan fingerprint density at radius 1 is 1.60 bits per heavy atom. The Labute approximate surface area is 62.9 Å². The zero-order valence-electron chi connectivity index (χ0n) is 6.81. The Balaban J connectivity index is 3.87. The van der Waals surface area contributed by atoms with Gasteiger partial charge in [-0.05, 0) is 20.3 Å². The molecular formula is C9H13N. The fourth-order valence-corrected chi connectivity index (χ4v) is 0.499. The van der Waals surface area contributed by atoms with Crippen molar-refractivity contribution in [1.29, 1.82) is 0 Å². The lowest BCUT2D eigenvalue weighted by atomic mass is 10.3. The summed E-state index contributed by atoms with van der Waals surface area (Å²) in [5.41, 5.74) is 1.01. The molecule has 0 atom stereocenters. The zero-order valence-corrected chi connectivity index (χ0v) is 6.81. The van der Waals surface area contributed by atoms with Gasteiger partial charge >= 0.3 is 0 Å². The highest BCUT2D eigenvalue weighted by Gasteiger charge is 1.74. The van der Waals surface area contributed by atoms with Gasteiger partial charge in [-0.1, -0.05) is 12.8 Å². The minimum Gasteiger partial charge on any atom is -0.268 e. The molecule has 0 aromatic rings. The smallest absolute Gasteiger partial charge is 0.0376 e. The van der Waals surface area contributed by atoms with E-state index in [1.807, 2.05) is 20.1 Å². The second-order valence-corrected chi connectivity index (χ2v) is 1.93. The Hall–Kier alpha value is -1.03. The van der Waals surface area contributed by atoms with E-state index in [0.717, 1.165) is 12.0 Å². The van der Waals surface area contributed by atoms with Crippen LogP contribution in [0.4, 0.5) is 0 Å². The summed E-state index contributed by atoms with van der Waals surface area (Å²) in [4.78, 5) is 4.02. The molecule has 0 saturated carbocycles. The first-order valence-corrected chi connectivity index (χ1v) is 3.42. The van der Waals surface area contributed by atoms with E-state index in [9.17, 15) is 0 Å². The van der Waals surface area contributed by atoms with Gasteiger partial charge in [0.1, 0.15) is 0 Å². The molecule has 0 aromatic heterocycles. The maximum absolute atomic E-state index is 4.02. The number of hydrogen-bond acceptors (Lipinski definition) is 1. The second kappa shape index (κ2) is 6.10. The van der Waals surface area contributed by atoms with E-state index >= 15 is 0 Å². The van der Waals surface area contributed by atoms with Crippen LogP contribution in [0.15, 0.2) is 16.8 Å². The monoisotopic (exact) mass is 135 g/mol. The third kappa shape index (κ3) is 5.11. The number of nitrogens with zero attached hydrogens (tertiary/aromatic N) is 1. The molecule has 0 rings (SSSR count). The van der Waals surface area contributed by atoms with Crippen LogP contribution in [0.25, 0.3) is 0 Å². The highest BCUT2D eigenvalue weighted by Crippen LogP contribution is 1.88. The largest absolute Gasteiger partial charge is 0.268 e. The van der Waals surface area contributed by atoms with E-state index in [1.54, 1.807) is 6.20 Å². The van der Waals surface area contributed by atoms with Crippen molar-refractivity contribution < 1.29 is 0 Å². The van der Waals surface area contributed by atoms with Gasteiger partial charge in [-0.25, -0.2) is 0 Å². The molecule has 0 heterocycles. The fourth-order valence-electron chi connectivity index (χ4n) is 0.499. The van der Waals surface area contributed by atoms with Crippen LogP contribution in [-0.2, 0) is 0 Å². The van der Waals surface area contributed by atoms with Gasteiger partial charge in [0.25, 0.3) is 0 Å². The number of rotatable bonds is 2. The molecule has 0 aliphatic rings. The molecule has 0 aromatic carbocycles. The standard InChI is InChI=1S/C9H13N/c1-4-6-9(3)8-10-7-5-2/h7-8H,5H2,1-3H3/b9-8+,10-7?. The van der Waals surface area contributed by atoms with E-state index in [1.165, 1.54) is 0 Å². The summed E-state index contributed by atoms with van der Waals surface area (Å²) >= 11 is 0. The Morgan fingerprint density at radius 2 is 2.30 bits per heavy atom. The Bertz CT molecular complexity index is 189. The minimum atomic E-state index is 0.976. The first kappa shape index (κ1) is 8.97. The van der Waals surface area contributed by atoms with E-state index in [4.69, 9.17) is 0 Å². The van der Waals surface area contributed by atoms with Gasteiger partial charge in [0.15, 0.2) is 0 Å². The average Bonchev–Trinajstić information content (AvgIpc) is 1.89. The lowest BCUT2D eigenvalue weighted by molar-refractivity contribution is 1.31. The van der Waals surface area contributed by atoms with E-state index < -0.39 is 0 Å². The third-order valence-corrected chi connectivity index (χ3v) is 0.878. The van der Waals surface area contributed by atoms with Gasteiger partial charge < -0.3 is 0 Å². The van der Waals surface area contributed by atoms with Crippen LogP contribution < -0.4 is 0 Å². The van der Waals surface area contributed by atoms with Gasteiger partial charge in [-0.3, -0.25) is 4.99 Å². The van der Waals surface area contributed by atoms with Crippen molar-refractivity contribution in [3.05, 3.63) is 11.8 Å². The summed E-state index contributed by atoms with van der Waals surface area (Å²) in [7, 11) is 0. The molecule has 0 radical (unpaired) electrons. The summed E-state index contributed by atoms with van der Waals surface area (Å²) < 4.78 is 0. The van der Waals surface area contributed by atoms with Crippen LogP contribution >= 0.6 is 0 Å². The van der Waals surface area contributed by atoms with Crippen molar-refractivity contribution in [3.63, 3.8) is 0 Å². The van der Waals surface area contributed by atoms with Gasteiger partial charge in [0, 0.05) is 18.0 Å². The lowest BCUT2D eigenvalue weighted by Gasteiger charge is -1.81. The van der Waals surface area contributed by atoms with Gasteiger partial charge in [0.2, 0.25) is 0 Å². The number of hydrogen-bond donors (Lipinski definition) is 0. The van der Waals surface area contributed by atoms with Crippen LogP contribution in [0.2, 0.25) is 0 Å². The topological polar surface area (TPSA) is 12.4 Å². The van der Waals surface area contributed by atoms with E-state index in [0.29, 0.717) is 0 Å². The molecule has 0 amide bonds. The Morgan fingerprint density at radius 3 is 2.80 bits per heavy atom. The van der Waals surface area contributed by atoms with Crippen LogP contribution in [0.5, 0.6) is 0 Å². The van der Waals surface area contributed by atoms with Gasteiger partial charge in [-0.2, -0.15) is 0 Å². The summed E-state index contributed by atoms with van der Waals surface area (Å²) in [6.45, 7) is 5.82. The molecule has 0 fully saturated rings. The van der Waals surface area contributed by atoms with Crippen molar-refractivity contribution in [2.45, 2.75) is 27.2 Å². The van der Waals surface area contributed by atoms with Crippen LogP contribution in [0.1, 0.15) is 27.2 Å². The maximum Gasteiger partial charge on any atom is 0.0376 e. The molecule has 0 N–H and O–H groups in total. The van der Waals surface area contributed by atoms with E-state index in [-0.39, 0.29) is 0 Å². The van der Waals surface area contributed by atoms with Crippen molar-refractivity contribution in [2.24, 2.45) is 4.99 Å². The quantitative estimate of drug-likeness (QED) is 0.407. The fraction of sp³-hybridized carbons (Fsp3) is 0.444. The highest BCUT2D eigenvalue weighted by molar-refractivity contribution is 5.57. The molecule has 1 heteroatoms. The predicted molar refractivity (Wildman–Crippen MR) is 46.0 cm³/mol. The second-order valence-electron chi connectivity index (χ2n) is 1.93. The molecule has 1 nitrogen and oxygen atoms in total. The van der Waals surface area contributed by atoms with Crippen LogP contribution in [0.3, 0.4) is 0 Å². The molecule has 0 unspecified atom stereocenters. The molecule has 10 heavy (non-hydrogen) atoms. The number of aliphatic imine (C=N–C) groups is 1. The molecular weight excluding hydrogens is 122 g/mol. The van der Waals surface area contributed by atoms with Gasteiger partial charge in [-0.15, -0.1) is 5.92 Å². The Kier molecular flexibility index (Phi) is 5.47. The zero-order chi connectivity index (χ0) is 7.82. The van der Waals surface area contributed by atoms with Crippen molar-refractivity contribution in [1.82, 2.24) is 0 Å². The average molecular weight is 135 g/mol. The van der Waals surface area contributed by atoms with Crippen molar-refractivity contribution >= 4 is 6.21 Å². The van der Waals surface area contributed by atoms with Crippen LogP contribution in [0, 0.1) is 11.8 Å².